The third-order valence-corrected chi connectivity index (χ3v) is 5.37. The van der Waals surface area contributed by atoms with E-state index in [-0.39, 0.29) is 0 Å². The van der Waals surface area contributed by atoms with Crippen molar-refractivity contribution in [1.29, 1.82) is 0 Å². The molecule has 1 aromatic rings. The summed E-state index contributed by atoms with van der Waals surface area (Å²) in [5.74, 6) is 0. The second-order valence-corrected chi connectivity index (χ2v) is 7.02. The number of benzene rings is 1. The number of nitrogens with one attached hydrogen (secondary N) is 1. The minimum absolute atomic E-state index is 0.324. The maximum Gasteiger partial charge on any atom is 0.241 e. The average Bonchev–Trinajstić information content (AvgIpc) is 2.40. The Morgan fingerprint density at radius 2 is 1.74 bits per heavy atom. The third-order valence-electron chi connectivity index (χ3n) is 3.81. The van der Waals surface area contributed by atoms with Gasteiger partial charge in [-0.1, -0.05) is 43.0 Å². The van der Waals surface area contributed by atoms with Crippen LogP contribution in [-0.2, 0) is 10.0 Å². The van der Waals surface area contributed by atoms with Crippen LogP contribution in [0.4, 0.5) is 0 Å². The smallest absolute Gasteiger partial charge is 0.207 e. The third kappa shape index (κ3) is 3.25. The molecule has 1 aliphatic rings. The van der Waals surface area contributed by atoms with Gasteiger partial charge in [0.2, 0.25) is 10.0 Å². The maximum absolute atomic E-state index is 12.4. The van der Waals surface area contributed by atoms with Gasteiger partial charge in [-0.15, -0.1) is 6.58 Å². The maximum atomic E-state index is 12.4. The lowest BCUT2D eigenvalue weighted by atomic mass is 9.83. The summed E-state index contributed by atoms with van der Waals surface area (Å²) in [6, 6.07) is 6.93. The summed E-state index contributed by atoms with van der Waals surface area (Å²) in [7, 11) is -3.47. The summed E-state index contributed by atoms with van der Waals surface area (Å²) < 4.78 is 27.7. The molecule has 0 aromatic heterocycles. The second kappa shape index (κ2) is 5.47. The summed E-state index contributed by atoms with van der Waals surface area (Å²) in [6.45, 7) is 5.76. The highest BCUT2D eigenvalue weighted by atomic mass is 32.2. The molecule has 0 amide bonds. The molecule has 4 heteroatoms. The quantitative estimate of drug-likeness (QED) is 0.861. The fraction of sp³-hybridized carbons (Fsp3) is 0.467. The largest absolute Gasteiger partial charge is 0.241 e. The van der Waals surface area contributed by atoms with E-state index in [2.05, 4.69) is 11.3 Å². The molecule has 0 spiro atoms. The molecule has 0 aliphatic heterocycles. The van der Waals surface area contributed by atoms with Crippen molar-refractivity contribution in [2.24, 2.45) is 0 Å². The second-order valence-electron chi connectivity index (χ2n) is 5.34. The number of hydrogen-bond donors (Lipinski definition) is 1. The van der Waals surface area contributed by atoms with Crippen LogP contribution in [0.1, 0.15) is 37.7 Å². The summed E-state index contributed by atoms with van der Waals surface area (Å²) >= 11 is 0. The van der Waals surface area contributed by atoms with E-state index in [1.54, 1.807) is 18.2 Å². The van der Waals surface area contributed by atoms with Crippen molar-refractivity contribution in [2.45, 2.75) is 49.5 Å². The Balaban J connectivity index is 2.24. The van der Waals surface area contributed by atoms with Gasteiger partial charge in [0, 0.05) is 0 Å². The molecule has 3 nitrogen and oxygen atoms in total. The van der Waals surface area contributed by atoms with E-state index in [0.717, 1.165) is 31.2 Å². The zero-order valence-corrected chi connectivity index (χ0v) is 12.2. The van der Waals surface area contributed by atoms with Crippen LogP contribution in [0.15, 0.2) is 41.8 Å². The van der Waals surface area contributed by atoms with E-state index < -0.39 is 15.6 Å². The first-order valence-electron chi connectivity index (χ1n) is 6.72. The zero-order chi connectivity index (χ0) is 13.9. The van der Waals surface area contributed by atoms with E-state index in [1.807, 2.05) is 19.1 Å². The molecular formula is C15H21NO2S. The van der Waals surface area contributed by atoms with Gasteiger partial charge in [0.25, 0.3) is 0 Å². The predicted octanol–water partition coefficient (Wildman–Crippen LogP) is 3.16. The van der Waals surface area contributed by atoms with E-state index in [4.69, 9.17) is 0 Å². The van der Waals surface area contributed by atoms with Crippen molar-refractivity contribution in [2.75, 3.05) is 0 Å². The van der Waals surface area contributed by atoms with Crippen LogP contribution in [0.2, 0.25) is 0 Å². The summed E-state index contributed by atoms with van der Waals surface area (Å²) in [5.41, 5.74) is 0.581. The topological polar surface area (TPSA) is 46.2 Å². The summed E-state index contributed by atoms with van der Waals surface area (Å²) in [6.07, 6.45) is 6.69. The molecule has 1 saturated carbocycles. The van der Waals surface area contributed by atoms with Crippen LogP contribution >= 0.6 is 0 Å². The highest BCUT2D eigenvalue weighted by Gasteiger charge is 2.33. The van der Waals surface area contributed by atoms with Gasteiger partial charge < -0.3 is 0 Å². The Bertz CT molecular complexity index is 540. The highest BCUT2D eigenvalue weighted by Crippen LogP contribution is 2.30. The van der Waals surface area contributed by atoms with E-state index in [0.29, 0.717) is 4.90 Å². The van der Waals surface area contributed by atoms with Crippen LogP contribution in [0, 0.1) is 6.92 Å². The molecule has 0 radical (unpaired) electrons. The first-order chi connectivity index (χ1) is 8.97. The molecule has 0 atom stereocenters. The fourth-order valence-electron chi connectivity index (χ4n) is 2.57. The standard InChI is InChI=1S/C15H21NO2S/c1-3-15(11-5-4-6-12-15)16-19(17,18)14-9-7-13(2)8-10-14/h3,7-10,16H,1,4-6,11-12H2,2H3. The van der Waals surface area contributed by atoms with Crippen LogP contribution in [0.3, 0.4) is 0 Å². The molecule has 1 fully saturated rings. The first kappa shape index (κ1) is 14.3. The fourth-order valence-corrected chi connectivity index (χ4v) is 4.01. The van der Waals surface area contributed by atoms with Crippen molar-refractivity contribution >= 4 is 10.0 Å². The molecule has 1 aliphatic carbocycles. The number of sulfonamides is 1. The Morgan fingerprint density at radius 3 is 2.26 bits per heavy atom. The van der Waals surface area contributed by atoms with Crippen molar-refractivity contribution in [3.63, 3.8) is 0 Å². The number of aryl methyl sites for hydroxylation is 1. The Kier molecular flexibility index (Phi) is 4.11. The van der Waals surface area contributed by atoms with E-state index in [1.165, 1.54) is 6.42 Å². The molecule has 0 heterocycles. The molecule has 104 valence electrons. The number of hydrogen-bond acceptors (Lipinski definition) is 2. The Morgan fingerprint density at radius 1 is 1.16 bits per heavy atom. The SMILES string of the molecule is C=CC1(NS(=O)(=O)c2ccc(C)cc2)CCCCC1. The molecule has 2 rings (SSSR count). The van der Waals surface area contributed by atoms with Gasteiger partial charge in [0.15, 0.2) is 0 Å². The van der Waals surface area contributed by atoms with Gasteiger partial charge in [0.05, 0.1) is 10.4 Å². The highest BCUT2D eigenvalue weighted by molar-refractivity contribution is 7.89. The van der Waals surface area contributed by atoms with Gasteiger partial charge in [-0.05, 0) is 31.9 Å². The van der Waals surface area contributed by atoms with E-state index >= 15 is 0 Å². The van der Waals surface area contributed by atoms with Crippen LogP contribution in [0.5, 0.6) is 0 Å². The summed E-state index contributed by atoms with van der Waals surface area (Å²) in [5, 5.41) is 0. The van der Waals surface area contributed by atoms with Crippen molar-refractivity contribution in [1.82, 2.24) is 4.72 Å². The van der Waals surface area contributed by atoms with Gasteiger partial charge in [-0.25, -0.2) is 13.1 Å². The number of rotatable bonds is 4. The van der Waals surface area contributed by atoms with Gasteiger partial charge in [-0.2, -0.15) is 0 Å². The Labute approximate surface area is 115 Å². The molecule has 0 saturated heterocycles. The lowest BCUT2D eigenvalue weighted by molar-refractivity contribution is 0.330. The minimum atomic E-state index is -3.47. The predicted molar refractivity (Wildman–Crippen MR) is 77.5 cm³/mol. The monoisotopic (exact) mass is 279 g/mol. The average molecular weight is 279 g/mol. The molecule has 0 bridgehead atoms. The first-order valence-corrected chi connectivity index (χ1v) is 8.20. The van der Waals surface area contributed by atoms with Crippen LogP contribution < -0.4 is 4.72 Å². The van der Waals surface area contributed by atoms with Crippen molar-refractivity contribution < 1.29 is 8.42 Å². The lowest BCUT2D eigenvalue weighted by Gasteiger charge is -2.34. The molecule has 0 unspecified atom stereocenters. The van der Waals surface area contributed by atoms with Gasteiger partial charge >= 0.3 is 0 Å². The van der Waals surface area contributed by atoms with Gasteiger partial charge in [0.1, 0.15) is 0 Å². The molecule has 1 N–H and O–H groups in total. The lowest BCUT2D eigenvalue weighted by Crippen LogP contribution is -2.47. The molecular weight excluding hydrogens is 258 g/mol. The van der Waals surface area contributed by atoms with Crippen LogP contribution in [0.25, 0.3) is 0 Å². The Hall–Kier alpha value is -1.13. The summed E-state index contributed by atoms with van der Waals surface area (Å²) in [4.78, 5) is 0.324. The van der Waals surface area contributed by atoms with Crippen LogP contribution in [-0.4, -0.2) is 14.0 Å². The molecule has 19 heavy (non-hydrogen) atoms. The van der Waals surface area contributed by atoms with Gasteiger partial charge in [-0.3, -0.25) is 0 Å². The van der Waals surface area contributed by atoms with Crippen molar-refractivity contribution in [3.05, 3.63) is 42.5 Å². The molecule has 1 aromatic carbocycles. The van der Waals surface area contributed by atoms with Crippen molar-refractivity contribution in [3.8, 4) is 0 Å². The zero-order valence-electron chi connectivity index (χ0n) is 11.4. The minimum Gasteiger partial charge on any atom is -0.207 e. The normalized spacial score (nSPS) is 19.0. The van der Waals surface area contributed by atoms with E-state index in [9.17, 15) is 8.42 Å².